The number of esters is 2. The van der Waals surface area contributed by atoms with Crippen molar-refractivity contribution in [2.75, 3.05) is 13.2 Å². The summed E-state index contributed by atoms with van der Waals surface area (Å²) in [6, 6.07) is 0. The molecule has 0 unspecified atom stereocenters. The van der Waals surface area contributed by atoms with Crippen LogP contribution in [0.15, 0.2) is 12.2 Å². The SMILES string of the molecule is CCCC.CCCCCCOC(=O)/C=C/C(=O)OCCCCCC. The molecule has 0 aromatic heterocycles. The van der Waals surface area contributed by atoms with Crippen LogP contribution in [0.1, 0.15) is 91.9 Å². The number of carbonyl (C=O) groups is 2. The maximum Gasteiger partial charge on any atom is 0.331 e. The zero-order valence-corrected chi connectivity index (χ0v) is 16.3. The van der Waals surface area contributed by atoms with Gasteiger partial charge in [-0.2, -0.15) is 0 Å². The second kappa shape index (κ2) is 21.7. The Morgan fingerprint density at radius 2 is 0.958 bits per heavy atom. The lowest BCUT2D eigenvalue weighted by Crippen LogP contribution is -2.06. The van der Waals surface area contributed by atoms with Gasteiger partial charge in [-0.15, -0.1) is 0 Å². The van der Waals surface area contributed by atoms with Gasteiger partial charge in [0.25, 0.3) is 0 Å². The second-order valence-corrected chi connectivity index (χ2v) is 5.79. The molecule has 0 heterocycles. The number of carbonyl (C=O) groups excluding carboxylic acids is 2. The lowest BCUT2D eigenvalue weighted by Gasteiger charge is -2.02. The Morgan fingerprint density at radius 3 is 1.25 bits per heavy atom. The van der Waals surface area contributed by atoms with Crippen LogP contribution in [0.3, 0.4) is 0 Å². The minimum atomic E-state index is -0.482. The molecule has 24 heavy (non-hydrogen) atoms. The first-order valence-corrected chi connectivity index (χ1v) is 9.63. The summed E-state index contributed by atoms with van der Waals surface area (Å²) < 4.78 is 9.93. The van der Waals surface area contributed by atoms with Gasteiger partial charge in [0.15, 0.2) is 0 Å². The molecule has 0 aliphatic rings. The predicted molar refractivity (Wildman–Crippen MR) is 99.9 cm³/mol. The van der Waals surface area contributed by atoms with Gasteiger partial charge in [-0.1, -0.05) is 79.1 Å². The average Bonchev–Trinajstić information content (AvgIpc) is 2.59. The van der Waals surface area contributed by atoms with Crippen LogP contribution < -0.4 is 0 Å². The Morgan fingerprint density at radius 1 is 0.583 bits per heavy atom. The van der Waals surface area contributed by atoms with Crippen molar-refractivity contribution in [2.45, 2.75) is 91.9 Å². The van der Waals surface area contributed by atoms with Crippen molar-refractivity contribution in [1.82, 2.24) is 0 Å². The number of rotatable bonds is 13. The first kappa shape index (κ1) is 24.9. The highest BCUT2D eigenvalue weighted by Crippen LogP contribution is 2.00. The smallest absolute Gasteiger partial charge is 0.331 e. The summed E-state index contributed by atoms with van der Waals surface area (Å²) in [7, 11) is 0. The highest BCUT2D eigenvalue weighted by atomic mass is 16.5. The molecule has 0 saturated heterocycles. The first-order chi connectivity index (χ1) is 11.6. The minimum Gasteiger partial charge on any atom is -0.463 e. The molecule has 0 saturated carbocycles. The Bertz CT molecular complexity index is 281. The van der Waals surface area contributed by atoms with E-state index in [0.717, 1.165) is 63.5 Å². The van der Waals surface area contributed by atoms with Gasteiger partial charge in [0.1, 0.15) is 0 Å². The van der Waals surface area contributed by atoms with E-state index in [9.17, 15) is 9.59 Å². The normalized spacial score (nSPS) is 10.2. The molecule has 0 aliphatic heterocycles. The van der Waals surface area contributed by atoms with E-state index in [4.69, 9.17) is 9.47 Å². The van der Waals surface area contributed by atoms with Gasteiger partial charge < -0.3 is 9.47 Å². The Hall–Kier alpha value is -1.32. The van der Waals surface area contributed by atoms with Crippen molar-refractivity contribution < 1.29 is 19.1 Å². The van der Waals surface area contributed by atoms with Crippen molar-refractivity contribution in [1.29, 1.82) is 0 Å². The van der Waals surface area contributed by atoms with Crippen LogP contribution in [0.5, 0.6) is 0 Å². The largest absolute Gasteiger partial charge is 0.463 e. The summed E-state index contributed by atoms with van der Waals surface area (Å²) in [5, 5.41) is 0. The summed E-state index contributed by atoms with van der Waals surface area (Å²) in [6.07, 6.45) is 13.4. The molecule has 0 N–H and O–H groups in total. The molecule has 4 heteroatoms. The molecular weight excluding hydrogens is 304 g/mol. The molecule has 4 nitrogen and oxygen atoms in total. The van der Waals surface area contributed by atoms with Crippen LogP contribution in [0.2, 0.25) is 0 Å². The van der Waals surface area contributed by atoms with Gasteiger partial charge in [-0.25, -0.2) is 9.59 Å². The Labute approximate surface area is 149 Å². The molecule has 0 radical (unpaired) electrons. The van der Waals surface area contributed by atoms with Gasteiger partial charge in [-0.3, -0.25) is 0 Å². The lowest BCUT2D eigenvalue weighted by atomic mass is 10.2. The van der Waals surface area contributed by atoms with E-state index in [1.165, 1.54) is 12.8 Å². The van der Waals surface area contributed by atoms with Crippen molar-refractivity contribution >= 4 is 11.9 Å². The fourth-order valence-corrected chi connectivity index (χ4v) is 1.64. The van der Waals surface area contributed by atoms with Crippen molar-refractivity contribution in [2.24, 2.45) is 0 Å². The van der Waals surface area contributed by atoms with Gasteiger partial charge in [0.05, 0.1) is 13.2 Å². The van der Waals surface area contributed by atoms with E-state index < -0.39 is 11.9 Å². The van der Waals surface area contributed by atoms with E-state index in [-0.39, 0.29) is 0 Å². The topological polar surface area (TPSA) is 52.6 Å². The van der Waals surface area contributed by atoms with Crippen LogP contribution >= 0.6 is 0 Å². The third-order valence-electron chi connectivity index (χ3n) is 3.34. The number of ether oxygens (including phenoxy) is 2. The van der Waals surface area contributed by atoms with E-state index in [1.807, 2.05) is 0 Å². The van der Waals surface area contributed by atoms with Crippen LogP contribution in [0.25, 0.3) is 0 Å². The quantitative estimate of drug-likeness (QED) is 0.248. The number of hydrogen-bond acceptors (Lipinski definition) is 4. The van der Waals surface area contributed by atoms with E-state index >= 15 is 0 Å². The molecular formula is C20H38O4. The molecule has 0 rings (SSSR count). The maximum atomic E-state index is 11.3. The minimum absolute atomic E-state index is 0.412. The summed E-state index contributed by atoms with van der Waals surface area (Å²) in [5.74, 6) is -0.964. The first-order valence-electron chi connectivity index (χ1n) is 9.63. The summed E-state index contributed by atoms with van der Waals surface area (Å²) in [6.45, 7) is 9.44. The van der Waals surface area contributed by atoms with E-state index in [2.05, 4.69) is 27.7 Å². The summed E-state index contributed by atoms with van der Waals surface area (Å²) in [4.78, 5) is 22.6. The maximum absolute atomic E-state index is 11.3. The second-order valence-electron chi connectivity index (χ2n) is 5.79. The molecule has 142 valence electrons. The zero-order chi connectivity index (χ0) is 18.5. The van der Waals surface area contributed by atoms with Crippen molar-refractivity contribution in [3.63, 3.8) is 0 Å². The zero-order valence-electron chi connectivity index (χ0n) is 16.3. The van der Waals surface area contributed by atoms with Gasteiger partial charge in [0, 0.05) is 12.2 Å². The lowest BCUT2D eigenvalue weighted by molar-refractivity contribution is -0.140. The monoisotopic (exact) mass is 342 g/mol. The fraction of sp³-hybridized carbons (Fsp3) is 0.800. The Balaban J connectivity index is 0. The van der Waals surface area contributed by atoms with E-state index in [0.29, 0.717) is 13.2 Å². The third-order valence-corrected chi connectivity index (χ3v) is 3.34. The molecule has 0 bridgehead atoms. The standard InChI is InChI=1S/C16H28O4.C4H10/c1-3-5-7-9-13-19-15(17)11-12-16(18)20-14-10-8-6-4-2;1-3-4-2/h11-12H,3-10,13-14H2,1-2H3;3-4H2,1-2H3/b12-11+;. The highest BCUT2D eigenvalue weighted by Gasteiger charge is 2.01. The molecule has 0 amide bonds. The van der Waals surface area contributed by atoms with Crippen LogP contribution in [-0.2, 0) is 19.1 Å². The van der Waals surface area contributed by atoms with Crippen LogP contribution in [0.4, 0.5) is 0 Å². The fourth-order valence-electron chi connectivity index (χ4n) is 1.64. The molecule has 0 spiro atoms. The van der Waals surface area contributed by atoms with E-state index in [1.54, 1.807) is 0 Å². The molecule has 0 aromatic carbocycles. The molecule has 0 aliphatic carbocycles. The number of hydrogen-bond donors (Lipinski definition) is 0. The van der Waals surface area contributed by atoms with Gasteiger partial charge in [0.2, 0.25) is 0 Å². The van der Waals surface area contributed by atoms with Crippen LogP contribution in [-0.4, -0.2) is 25.2 Å². The van der Waals surface area contributed by atoms with Crippen molar-refractivity contribution in [3.05, 3.63) is 12.2 Å². The van der Waals surface area contributed by atoms with Crippen molar-refractivity contribution in [3.8, 4) is 0 Å². The number of unbranched alkanes of at least 4 members (excludes halogenated alkanes) is 7. The molecule has 0 fully saturated rings. The molecule has 0 aromatic rings. The third kappa shape index (κ3) is 23.0. The average molecular weight is 343 g/mol. The van der Waals surface area contributed by atoms with Crippen LogP contribution in [0, 0.1) is 0 Å². The van der Waals surface area contributed by atoms with Gasteiger partial charge >= 0.3 is 11.9 Å². The summed E-state index contributed by atoms with van der Waals surface area (Å²) >= 11 is 0. The molecule has 0 atom stereocenters. The Kier molecular flexibility index (Phi) is 22.5. The van der Waals surface area contributed by atoms with Gasteiger partial charge in [-0.05, 0) is 12.8 Å². The predicted octanol–water partition coefficient (Wildman–Crippen LogP) is 5.60. The highest BCUT2D eigenvalue weighted by molar-refractivity contribution is 5.91. The summed E-state index contributed by atoms with van der Waals surface area (Å²) in [5.41, 5.74) is 0.